The fourth-order valence-corrected chi connectivity index (χ4v) is 6.07. The molecule has 2 aliphatic rings. The zero-order chi connectivity index (χ0) is 26.0. The lowest BCUT2D eigenvalue weighted by molar-refractivity contribution is -0.172. The summed E-state index contributed by atoms with van der Waals surface area (Å²) in [6.07, 6.45) is 0.934. The van der Waals surface area contributed by atoms with Gasteiger partial charge in [0.2, 0.25) is 0 Å². The first-order chi connectivity index (χ1) is 16.9. The maximum absolute atomic E-state index is 13.4. The van der Waals surface area contributed by atoms with Crippen molar-refractivity contribution in [3.63, 3.8) is 0 Å². The van der Waals surface area contributed by atoms with Gasteiger partial charge in [-0.05, 0) is 36.6 Å². The number of carbonyl (C=O) groups excluding carboxylic acids is 2. The summed E-state index contributed by atoms with van der Waals surface area (Å²) in [7, 11) is -1.33. The molecule has 36 heavy (non-hydrogen) atoms. The standard InChI is InChI=1S/C27H30N2O6Si/c1-6-27(33)20-12-21-24-17(13-29(21)25(31)19(20)14-34-26(27)32)11-18-22(35-15(2)30)8-7-16(23(18)28-24)9-10-36(3,4)5/h7-8,11-12,33H,6,9-10,13-14H2,1-5H3/t27-/m0/s1. The molecule has 2 aromatic heterocycles. The van der Waals surface area contributed by atoms with Gasteiger partial charge in [-0.1, -0.05) is 38.7 Å². The summed E-state index contributed by atoms with van der Waals surface area (Å²) in [6, 6.07) is 8.49. The molecule has 3 aromatic rings. The van der Waals surface area contributed by atoms with Crippen LogP contribution in [0.5, 0.6) is 5.75 Å². The average Bonchev–Trinajstić information content (AvgIpc) is 3.17. The lowest BCUT2D eigenvalue weighted by Gasteiger charge is -2.31. The van der Waals surface area contributed by atoms with Crippen LogP contribution in [-0.4, -0.2) is 34.7 Å². The molecule has 8 nitrogen and oxygen atoms in total. The maximum atomic E-state index is 13.4. The number of aryl methyl sites for hydroxylation is 1. The van der Waals surface area contributed by atoms with Gasteiger partial charge in [0.15, 0.2) is 5.60 Å². The molecule has 0 bridgehead atoms. The van der Waals surface area contributed by atoms with Crippen LogP contribution in [0.4, 0.5) is 0 Å². The smallest absolute Gasteiger partial charge is 0.343 e. The molecule has 4 heterocycles. The highest BCUT2D eigenvalue weighted by atomic mass is 28.3. The second kappa shape index (κ2) is 8.38. The SMILES string of the molecule is CC[C@@]1(O)C(=O)OCc2c1cc1n(c2=O)Cc2cc3c(OC(C)=O)ccc(CC[Si](C)(C)C)c3nc2-1. The Bertz CT molecular complexity index is 1500. The minimum absolute atomic E-state index is 0.0896. The van der Waals surface area contributed by atoms with Crippen molar-refractivity contribution in [2.75, 3.05) is 0 Å². The molecular formula is C27H30N2O6Si. The Morgan fingerprint density at radius 1 is 1.25 bits per heavy atom. The minimum Gasteiger partial charge on any atom is -0.458 e. The molecule has 5 rings (SSSR count). The number of cyclic esters (lactones) is 1. The molecule has 0 saturated carbocycles. The van der Waals surface area contributed by atoms with E-state index >= 15 is 0 Å². The number of ether oxygens (including phenoxy) is 2. The van der Waals surface area contributed by atoms with E-state index < -0.39 is 25.6 Å². The first-order valence-electron chi connectivity index (χ1n) is 12.2. The fraction of sp³-hybridized carbons (Fsp3) is 0.407. The number of hydrogen-bond acceptors (Lipinski definition) is 7. The van der Waals surface area contributed by atoms with Crippen LogP contribution < -0.4 is 10.3 Å². The Kier molecular flexibility index (Phi) is 5.68. The van der Waals surface area contributed by atoms with Crippen LogP contribution in [0.25, 0.3) is 22.3 Å². The number of aliphatic hydroxyl groups is 1. The quantitative estimate of drug-likeness (QED) is 0.249. The van der Waals surface area contributed by atoms with Crippen LogP contribution in [0.3, 0.4) is 0 Å². The van der Waals surface area contributed by atoms with E-state index in [1.54, 1.807) is 17.6 Å². The molecule has 9 heteroatoms. The fourth-order valence-electron chi connectivity index (χ4n) is 5.05. The molecule has 0 unspecified atom stereocenters. The number of fused-ring (bicyclic) bond motifs is 5. The molecular weight excluding hydrogens is 476 g/mol. The van der Waals surface area contributed by atoms with Crippen molar-refractivity contribution in [3.8, 4) is 17.1 Å². The monoisotopic (exact) mass is 506 g/mol. The Balaban J connectivity index is 1.73. The van der Waals surface area contributed by atoms with Gasteiger partial charge in [-0.3, -0.25) is 9.59 Å². The summed E-state index contributed by atoms with van der Waals surface area (Å²) in [5, 5.41) is 11.8. The summed E-state index contributed by atoms with van der Waals surface area (Å²) >= 11 is 0. The van der Waals surface area contributed by atoms with Gasteiger partial charge in [-0.15, -0.1) is 0 Å². The number of esters is 2. The zero-order valence-corrected chi connectivity index (χ0v) is 22.2. The number of nitrogens with zero attached hydrogens (tertiary/aromatic N) is 2. The highest BCUT2D eigenvalue weighted by molar-refractivity contribution is 6.76. The second-order valence-electron chi connectivity index (χ2n) is 10.9. The number of benzene rings is 1. The van der Waals surface area contributed by atoms with Gasteiger partial charge >= 0.3 is 11.9 Å². The van der Waals surface area contributed by atoms with Gasteiger partial charge in [0.1, 0.15) is 12.4 Å². The Labute approximate surface area is 209 Å². The van der Waals surface area contributed by atoms with Gasteiger partial charge in [0, 0.05) is 31.5 Å². The summed E-state index contributed by atoms with van der Waals surface area (Å²) in [5.41, 5.74) is 2.20. The van der Waals surface area contributed by atoms with Crippen molar-refractivity contribution >= 4 is 30.9 Å². The number of carbonyl (C=O) groups is 2. The number of hydrogen-bond donors (Lipinski definition) is 1. The predicted molar refractivity (Wildman–Crippen MR) is 138 cm³/mol. The van der Waals surface area contributed by atoms with E-state index in [-0.39, 0.29) is 30.7 Å². The highest BCUT2D eigenvalue weighted by Gasteiger charge is 2.45. The van der Waals surface area contributed by atoms with Crippen molar-refractivity contribution in [1.29, 1.82) is 0 Å². The van der Waals surface area contributed by atoms with E-state index in [9.17, 15) is 19.5 Å². The number of rotatable bonds is 5. The van der Waals surface area contributed by atoms with E-state index in [1.807, 2.05) is 18.2 Å². The van der Waals surface area contributed by atoms with E-state index in [2.05, 4.69) is 19.6 Å². The molecule has 0 aliphatic carbocycles. The van der Waals surface area contributed by atoms with E-state index in [1.165, 1.54) is 6.92 Å². The lowest BCUT2D eigenvalue weighted by atomic mass is 9.86. The maximum Gasteiger partial charge on any atom is 0.343 e. The Hall–Kier alpha value is -3.30. The van der Waals surface area contributed by atoms with E-state index in [4.69, 9.17) is 14.5 Å². The normalized spacial score (nSPS) is 18.4. The van der Waals surface area contributed by atoms with Crippen molar-refractivity contribution in [3.05, 3.63) is 56.9 Å². The molecule has 0 radical (unpaired) electrons. The largest absolute Gasteiger partial charge is 0.458 e. The molecule has 1 atom stereocenters. The van der Waals surface area contributed by atoms with Gasteiger partial charge in [-0.2, -0.15) is 0 Å². The molecule has 0 spiro atoms. The minimum atomic E-state index is -1.87. The third-order valence-electron chi connectivity index (χ3n) is 7.12. The third kappa shape index (κ3) is 3.86. The second-order valence-corrected chi connectivity index (χ2v) is 16.5. The average molecular weight is 507 g/mol. The Morgan fingerprint density at radius 3 is 2.67 bits per heavy atom. The van der Waals surface area contributed by atoms with Crippen LogP contribution in [0.1, 0.15) is 42.5 Å². The van der Waals surface area contributed by atoms with Crippen LogP contribution in [0, 0.1) is 0 Å². The van der Waals surface area contributed by atoms with Crippen LogP contribution in [0.2, 0.25) is 25.7 Å². The summed E-state index contributed by atoms with van der Waals surface area (Å²) in [5.74, 6) is -0.722. The highest BCUT2D eigenvalue weighted by Crippen LogP contribution is 2.40. The first kappa shape index (κ1) is 24.4. The zero-order valence-electron chi connectivity index (χ0n) is 21.2. The van der Waals surface area contributed by atoms with Crippen LogP contribution in [0.15, 0.2) is 29.1 Å². The van der Waals surface area contributed by atoms with Gasteiger partial charge in [0.05, 0.1) is 29.0 Å². The molecule has 0 saturated heterocycles. The molecule has 0 amide bonds. The Morgan fingerprint density at radius 2 is 2.00 bits per heavy atom. The molecule has 2 aliphatic heterocycles. The van der Waals surface area contributed by atoms with Crippen molar-refractivity contribution in [2.45, 2.75) is 71.1 Å². The summed E-state index contributed by atoms with van der Waals surface area (Å²) in [4.78, 5) is 42.7. The topological polar surface area (TPSA) is 108 Å². The number of pyridine rings is 2. The molecule has 0 fully saturated rings. The third-order valence-corrected chi connectivity index (χ3v) is 8.87. The van der Waals surface area contributed by atoms with Gasteiger partial charge < -0.3 is 19.1 Å². The summed E-state index contributed by atoms with van der Waals surface area (Å²) in [6.45, 7) is 10.1. The van der Waals surface area contributed by atoms with Gasteiger partial charge in [-0.25, -0.2) is 9.78 Å². The first-order valence-corrected chi connectivity index (χ1v) is 15.9. The van der Waals surface area contributed by atoms with Crippen LogP contribution >= 0.6 is 0 Å². The lowest BCUT2D eigenvalue weighted by Crippen LogP contribution is -2.44. The van der Waals surface area contributed by atoms with Crippen molar-refractivity contribution in [2.24, 2.45) is 0 Å². The predicted octanol–water partition coefficient (Wildman–Crippen LogP) is 3.89. The molecule has 1 N–H and O–H groups in total. The van der Waals surface area contributed by atoms with Crippen molar-refractivity contribution < 1.29 is 24.2 Å². The van der Waals surface area contributed by atoms with Crippen LogP contribution in [-0.2, 0) is 39.5 Å². The summed E-state index contributed by atoms with van der Waals surface area (Å²) < 4.78 is 12.3. The van der Waals surface area contributed by atoms with Gasteiger partial charge in [0.25, 0.3) is 5.56 Å². The number of aromatic nitrogens is 2. The molecule has 188 valence electrons. The van der Waals surface area contributed by atoms with E-state index in [0.29, 0.717) is 22.7 Å². The van der Waals surface area contributed by atoms with Crippen molar-refractivity contribution in [1.82, 2.24) is 9.55 Å². The molecule has 1 aromatic carbocycles. The van der Waals surface area contributed by atoms with E-state index in [0.717, 1.165) is 34.5 Å².